The fourth-order valence-electron chi connectivity index (χ4n) is 1.60. The highest BCUT2D eigenvalue weighted by Crippen LogP contribution is 2.36. The van der Waals surface area contributed by atoms with Crippen molar-refractivity contribution in [3.63, 3.8) is 0 Å². The van der Waals surface area contributed by atoms with Gasteiger partial charge in [-0.15, -0.1) is 11.8 Å². The summed E-state index contributed by atoms with van der Waals surface area (Å²) in [6.07, 6.45) is 0. The number of thioether (sulfide) groups is 1. The minimum atomic E-state index is -0.165. The summed E-state index contributed by atoms with van der Waals surface area (Å²) in [5.41, 5.74) is 1.68. The molecule has 1 aromatic heterocycles. The average Bonchev–Trinajstić information content (AvgIpc) is 2.28. The number of aromatic amines is 1. The number of benzene rings is 1. The number of nitrogens with zero attached hydrogens (tertiary/aromatic N) is 1. The van der Waals surface area contributed by atoms with E-state index in [4.69, 9.17) is 0 Å². The third-order valence-corrected chi connectivity index (χ3v) is 3.38. The largest absolute Gasteiger partial charge is 0.268 e. The maximum Gasteiger partial charge on any atom is 0.265 e. The predicted octanol–water partition coefficient (Wildman–Crippen LogP) is 3.33. The number of nitrogens with one attached hydrogen (secondary N) is 1. The van der Waals surface area contributed by atoms with E-state index in [1.165, 1.54) is 0 Å². The van der Waals surface area contributed by atoms with Gasteiger partial charge >= 0.3 is 0 Å². The van der Waals surface area contributed by atoms with E-state index < -0.39 is 0 Å². The van der Waals surface area contributed by atoms with Gasteiger partial charge in [0, 0.05) is 21.3 Å². The first kappa shape index (κ1) is 12.9. The summed E-state index contributed by atoms with van der Waals surface area (Å²) in [5.74, 6) is 0. The van der Waals surface area contributed by atoms with Crippen molar-refractivity contribution in [1.29, 1.82) is 0 Å². The maximum atomic E-state index is 11.4. The SMILES string of the molecule is CC(C)(C)Sc1cc(=O)[nH]nc1-c1ccccc1. The number of hydrogen-bond donors (Lipinski definition) is 1. The van der Waals surface area contributed by atoms with Crippen molar-refractivity contribution in [3.8, 4) is 11.3 Å². The van der Waals surface area contributed by atoms with E-state index in [2.05, 4.69) is 31.0 Å². The summed E-state index contributed by atoms with van der Waals surface area (Å²) < 4.78 is 0.0407. The summed E-state index contributed by atoms with van der Waals surface area (Å²) in [6, 6.07) is 11.5. The van der Waals surface area contributed by atoms with E-state index >= 15 is 0 Å². The van der Waals surface area contributed by atoms with Crippen molar-refractivity contribution in [2.24, 2.45) is 0 Å². The second-order valence-electron chi connectivity index (χ2n) is 5.03. The zero-order valence-electron chi connectivity index (χ0n) is 10.7. The summed E-state index contributed by atoms with van der Waals surface area (Å²) in [7, 11) is 0. The van der Waals surface area contributed by atoms with E-state index in [0.717, 1.165) is 16.2 Å². The van der Waals surface area contributed by atoms with E-state index in [0.29, 0.717) is 0 Å². The Balaban J connectivity index is 2.51. The van der Waals surface area contributed by atoms with Crippen LogP contribution in [-0.2, 0) is 0 Å². The van der Waals surface area contributed by atoms with E-state index in [1.807, 2.05) is 30.3 Å². The minimum Gasteiger partial charge on any atom is -0.268 e. The molecule has 2 rings (SSSR count). The van der Waals surface area contributed by atoms with Gasteiger partial charge in [0.25, 0.3) is 5.56 Å². The fourth-order valence-corrected chi connectivity index (χ4v) is 2.68. The van der Waals surface area contributed by atoms with E-state index in [9.17, 15) is 4.79 Å². The third kappa shape index (κ3) is 3.23. The van der Waals surface area contributed by atoms with Crippen LogP contribution >= 0.6 is 11.8 Å². The average molecular weight is 260 g/mol. The van der Waals surface area contributed by atoms with Gasteiger partial charge in [0.1, 0.15) is 5.69 Å². The van der Waals surface area contributed by atoms with Crippen LogP contribution in [0.15, 0.2) is 46.1 Å². The van der Waals surface area contributed by atoms with Gasteiger partial charge in [-0.25, -0.2) is 5.10 Å². The Labute approximate surface area is 111 Å². The summed E-state index contributed by atoms with van der Waals surface area (Å²) in [5, 5.41) is 6.68. The molecular formula is C14H16N2OS. The van der Waals surface area contributed by atoms with Crippen molar-refractivity contribution in [1.82, 2.24) is 10.2 Å². The van der Waals surface area contributed by atoms with Crippen LogP contribution in [0.5, 0.6) is 0 Å². The van der Waals surface area contributed by atoms with Crippen molar-refractivity contribution in [2.75, 3.05) is 0 Å². The fraction of sp³-hybridized carbons (Fsp3) is 0.286. The van der Waals surface area contributed by atoms with Crippen LogP contribution < -0.4 is 5.56 Å². The molecule has 0 aliphatic rings. The van der Waals surface area contributed by atoms with Crippen LogP contribution in [0.25, 0.3) is 11.3 Å². The monoisotopic (exact) mass is 260 g/mol. The quantitative estimate of drug-likeness (QED) is 0.842. The van der Waals surface area contributed by atoms with Crippen LogP contribution in [0.4, 0.5) is 0 Å². The molecule has 1 aromatic carbocycles. The lowest BCUT2D eigenvalue weighted by atomic mass is 10.1. The van der Waals surface area contributed by atoms with Crippen molar-refractivity contribution >= 4 is 11.8 Å². The number of hydrogen-bond acceptors (Lipinski definition) is 3. The highest BCUT2D eigenvalue weighted by atomic mass is 32.2. The van der Waals surface area contributed by atoms with Gasteiger partial charge in [0.2, 0.25) is 0 Å². The molecule has 0 saturated carbocycles. The zero-order chi connectivity index (χ0) is 13.2. The molecule has 0 amide bonds. The summed E-state index contributed by atoms with van der Waals surface area (Å²) >= 11 is 1.65. The Morgan fingerprint density at radius 2 is 1.83 bits per heavy atom. The Hall–Kier alpha value is -1.55. The van der Waals surface area contributed by atoms with Gasteiger partial charge in [0.15, 0.2) is 0 Å². The molecule has 0 unspecified atom stereocenters. The van der Waals surface area contributed by atoms with Gasteiger partial charge in [-0.2, -0.15) is 5.10 Å². The van der Waals surface area contributed by atoms with Crippen molar-refractivity contribution < 1.29 is 0 Å². The molecule has 0 spiro atoms. The molecule has 0 aliphatic heterocycles. The molecule has 2 aromatic rings. The Morgan fingerprint density at radius 3 is 2.44 bits per heavy atom. The van der Waals surface area contributed by atoms with Crippen LogP contribution in [-0.4, -0.2) is 14.9 Å². The second-order valence-corrected chi connectivity index (χ2v) is 6.89. The second kappa shape index (κ2) is 4.98. The molecule has 4 heteroatoms. The molecule has 0 fully saturated rings. The molecular weight excluding hydrogens is 244 g/mol. The Morgan fingerprint density at radius 1 is 1.17 bits per heavy atom. The molecule has 0 radical (unpaired) electrons. The normalized spacial score (nSPS) is 11.5. The first-order valence-corrected chi connectivity index (χ1v) is 6.61. The third-order valence-electron chi connectivity index (χ3n) is 2.24. The molecule has 0 saturated heterocycles. The lowest BCUT2D eigenvalue weighted by Gasteiger charge is -2.18. The molecule has 18 heavy (non-hydrogen) atoms. The van der Waals surface area contributed by atoms with E-state index in [1.54, 1.807) is 17.8 Å². The number of rotatable bonds is 2. The smallest absolute Gasteiger partial charge is 0.265 e. The van der Waals surface area contributed by atoms with Crippen LogP contribution in [0.2, 0.25) is 0 Å². The summed E-state index contributed by atoms with van der Waals surface area (Å²) in [6.45, 7) is 6.36. The van der Waals surface area contributed by atoms with Gasteiger partial charge in [-0.05, 0) is 0 Å². The highest BCUT2D eigenvalue weighted by Gasteiger charge is 2.17. The van der Waals surface area contributed by atoms with Gasteiger partial charge in [0.05, 0.1) is 0 Å². The van der Waals surface area contributed by atoms with Crippen LogP contribution in [0.1, 0.15) is 20.8 Å². The topological polar surface area (TPSA) is 45.8 Å². The number of H-pyrrole nitrogens is 1. The van der Waals surface area contributed by atoms with Gasteiger partial charge < -0.3 is 0 Å². The maximum absolute atomic E-state index is 11.4. The molecule has 94 valence electrons. The zero-order valence-corrected chi connectivity index (χ0v) is 11.5. The van der Waals surface area contributed by atoms with E-state index in [-0.39, 0.29) is 10.3 Å². The molecule has 1 N–H and O–H groups in total. The van der Waals surface area contributed by atoms with Gasteiger partial charge in [-0.1, -0.05) is 51.1 Å². The van der Waals surface area contributed by atoms with Crippen LogP contribution in [0, 0.1) is 0 Å². The summed E-state index contributed by atoms with van der Waals surface area (Å²) in [4.78, 5) is 12.3. The van der Waals surface area contributed by atoms with Crippen molar-refractivity contribution in [2.45, 2.75) is 30.4 Å². The number of aromatic nitrogens is 2. The lowest BCUT2D eigenvalue weighted by Crippen LogP contribution is -2.12. The minimum absolute atomic E-state index is 0.0407. The molecule has 0 bridgehead atoms. The lowest BCUT2D eigenvalue weighted by molar-refractivity contribution is 0.801. The molecule has 0 atom stereocenters. The highest BCUT2D eigenvalue weighted by molar-refractivity contribution is 8.00. The van der Waals surface area contributed by atoms with Crippen molar-refractivity contribution in [3.05, 3.63) is 46.8 Å². The first-order chi connectivity index (χ1) is 8.46. The molecule has 1 heterocycles. The van der Waals surface area contributed by atoms with Crippen LogP contribution in [0.3, 0.4) is 0 Å². The molecule has 3 nitrogen and oxygen atoms in total. The Bertz CT molecular complexity index is 585. The molecule has 0 aliphatic carbocycles. The first-order valence-electron chi connectivity index (χ1n) is 5.80. The standard InChI is InChI=1S/C14H16N2OS/c1-14(2,3)18-11-9-12(17)15-16-13(11)10-7-5-4-6-8-10/h4-9H,1-3H3,(H,15,17). The Kier molecular flexibility index (Phi) is 3.57. The van der Waals surface area contributed by atoms with Gasteiger partial charge in [-0.3, -0.25) is 4.79 Å². The predicted molar refractivity (Wildman–Crippen MR) is 75.9 cm³/mol.